The Labute approximate surface area is 125 Å². The topological polar surface area (TPSA) is 87.8 Å². The van der Waals surface area contributed by atoms with Crippen LogP contribution in [-0.4, -0.2) is 45.8 Å². The number of Topliss-reactive ketones (excluding diaryl/α,β-unsaturated/α-hetero) is 1. The highest BCUT2D eigenvalue weighted by Gasteiger charge is 2.42. The first-order valence-electron chi connectivity index (χ1n) is 6.38. The van der Waals surface area contributed by atoms with Crippen molar-refractivity contribution in [2.75, 3.05) is 12.8 Å². The largest absolute Gasteiger partial charge is 0.481 e. The molecule has 2 rings (SSSR count). The molecule has 1 amide bonds. The quantitative estimate of drug-likeness (QED) is 0.806. The molecule has 0 saturated heterocycles. The Morgan fingerprint density at radius 2 is 2.19 bits per heavy atom. The highest BCUT2D eigenvalue weighted by Crippen LogP contribution is 2.35. The zero-order valence-corrected chi connectivity index (χ0v) is 12.5. The molecule has 0 spiro atoms. The number of hydrogen-bond acceptors (Lipinski definition) is 5. The number of carboxylic acids is 1. The summed E-state index contributed by atoms with van der Waals surface area (Å²) in [6, 6.07) is 3.08. The number of hydrogen-bond donors (Lipinski definition) is 1. The maximum Gasteiger partial charge on any atom is 0.308 e. The van der Waals surface area contributed by atoms with Crippen LogP contribution in [0.4, 0.5) is 0 Å². The van der Waals surface area contributed by atoms with Crippen molar-refractivity contribution in [1.29, 1.82) is 0 Å². The van der Waals surface area contributed by atoms with Gasteiger partial charge in [-0.25, -0.2) is 0 Å². The summed E-state index contributed by atoms with van der Waals surface area (Å²) in [4.78, 5) is 37.4. The lowest BCUT2D eigenvalue weighted by Crippen LogP contribution is -2.34. The lowest BCUT2D eigenvalue weighted by Gasteiger charge is -2.23. The van der Waals surface area contributed by atoms with Gasteiger partial charge in [-0.2, -0.15) is 0 Å². The van der Waals surface area contributed by atoms with E-state index in [2.05, 4.69) is 0 Å². The summed E-state index contributed by atoms with van der Waals surface area (Å²) in [6.45, 7) is 2.20. The molecule has 0 radical (unpaired) electrons. The Hall–Kier alpha value is -2.02. The molecule has 0 aromatic carbocycles. The van der Waals surface area contributed by atoms with Gasteiger partial charge in [0.2, 0.25) is 5.78 Å². The summed E-state index contributed by atoms with van der Waals surface area (Å²) in [7, 11) is 0. The van der Waals surface area contributed by atoms with Gasteiger partial charge >= 0.3 is 5.97 Å². The molecular weight excluding hydrogens is 294 g/mol. The zero-order chi connectivity index (χ0) is 15.6. The van der Waals surface area contributed by atoms with Crippen LogP contribution in [0.2, 0.25) is 0 Å². The molecule has 112 valence electrons. The van der Waals surface area contributed by atoms with E-state index in [1.54, 1.807) is 19.2 Å². The van der Waals surface area contributed by atoms with E-state index >= 15 is 0 Å². The number of nitrogens with zero attached hydrogens (tertiary/aromatic N) is 1. The lowest BCUT2D eigenvalue weighted by atomic mass is 10.0. The fourth-order valence-electron chi connectivity index (χ4n) is 2.37. The van der Waals surface area contributed by atoms with Crippen molar-refractivity contribution in [1.82, 2.24) is 4.90 Å². The van der Waals surface area contributed by atoms with Crippen LogP contribution in [0.5, 0.6) is 0 Å². The van der Waals surface area contributed by atoms with Gasteiger partial charge in [-0.05, 0) is 25.3 Å². The number of amides is 1. The summed E-state index contributed by atoms with van der Waals surface area (Å²) < 4.78 is 5.09. The first-order chi connectivity index (χ1) is 10.0. The fraction of sp³-hybridized carbons (Fsp3) is 0.357. The van der Waals surface area contributed by atoms with Gasteiger partial charge in [0.05, 0.1) is 12.7 Å². The summed E-state index contributed by atoms with van der Waals surface area (Å²) in [6.07, 6.45) is 2.68. The Morgan fingerprint density at radius 3 is 2.67 bits per heavy atom. The van der Waals surface area contributed by atoms with E-state index in [0.29, 0.717) is 6.54 Å². The Morgan fingerprint density at radius 1 is 1.48 bits per heavy atom. The maximum atomic E-state index is 12.5. The minimum absolute atomic E-state index is 0.0464. The van der Waals surface area contributed by atoms with Crippen LogP contribution in [-0.2, 0) is 9.59 Å². The third kappa shape index (κ3) is 2.73. The molecule has 0 bridgehead atoms. The predicted molar refractivity (Wildman–Crippen MR) is 77.0 cm³/mol. The van der Waals surface area contributed by atoms with E-state index in [1.165, 1.54) is 29.0 Å². The first kappa shape index (κ1) is 15.4. The van der Waals surface area contributed by atoms with Crippen LogP contribution in [0.15, 0.2) is 34.0 Å². The van der Waals surface area contributed by atoms with E-state index in [1.807, 2.05) is 0 Å². The van der Waals surface area contributed by atoms with E-state index < -0.39 is 29.5 Å². The smallest absolute Gasteiger partial charge is 0.308 e. The molecule has 1 N–H and O–H groups in total. The number of ketones is 1. The fourth-order valence-corrected chi connectivity index (χ4v) is 3.35. The molecule has 1 aromatic heterocycles. The molecule has 2 heterocycles. The molecule has 1 aromatic rings. The van der Waals surface area contributed by atoms with Gasteiger partial charge in [0.25, 0.3) is 5.91 Å². The van der Waals surface area contributed by atoms with Crippen molar-refractivity contribution in [2.45, 2.75) is 18.7 Å². The predicted octanol–water partition coefficient (Wildman–Crippen LogP) is 1.78. The van der Waals surface area contributed by atoms with Gasteiger partial charge in [-0.3, -0.25) is 14.4 Å². The van der Waals surface area contributed by atoms with Gasteiger partial charge < -0.3 is 14.4 Å². The summed E-state index contributed by atoms with van der Waals surface area (Å²) in [5, 5.41) is 8.52. The third-order valence-electron chi connectivity index (χ3n) is 3.26. The van der Waals surface area contributed by atoms with Crippen molar-refractivity contribution in [3.05, 3.63) is 35.3 Å². The number of rotatable bonds is 6. The van der Waals surface area contributed by atoms with Gasteiger partial charge in [-0.1, -0.05) is 0 Å². The molecule has 7 heteroatoms. The summed E-state index contributed by atoms with van der Waals surface area (Å²) in [5.74, 6) is -1.85. The number of aliphatic carboxylic acids is 1. The van der Waals surface area contributed by atoms with Crippen LogP contribution in [0.3, 0.4) is 0 Å². The normalized spacial score (nSPS) is 18.5. The molecule has 0 fully saturated rings. The van der Waals surface area contributed by atoms with E-state index in [9.17, 15) is 14.4 Å². The number of carboxylic acid groups (broad SMARTS) is 1. The van der Waals surface area contributed by atoms with Crippen molar-refractivity contribution in [3.8, 4) is 0 Å². The SMILES string of the molecule is CCN1C(=O)C(CC(=O)O)=C(C(=O)c2ccco2)[C@@H]1SC. The van der Waals surface area contributed by atoms with Gasteiger partial charge in [-0.15, -0.1) is 11.8 Å². The third-order valence-corrected chi connectivity index (χ3v) is 4.19. The molecule has 6 nitrogen and oxygen atoms in total. The number of carbonyl (C=O) groups is 3. The van der Waals surface area contributed by atoms with Gasteiger partial charge in [0.15, 0.2) is 5.76 Å². The van der Waals surface area contributed by atoms with Crippen molar-refractivity contribution in [3.63, 3.8) is 0 Å². The summed E-state index contributed by atoms with van der Waals surface area (Å²) >= 11 is 1.33. The Balaban J connectivity index is 2.51. The van der Waals surface area contributed by atoms with Crippen molar-refractivity contribution in [2.24, 2.45) is 0 Å². The van der Waals surface area contributed by atoms with Gasteiger partial charge in [0, 0.05) is 17.7 Å². The standard InChI is InChI=1S/C14H15NO5S/c1-3-15-13(19)8(7-10(16)17)11(14(15)21-2)12(18)9-5-4-6-20-9/h4-6,14H,3,7H2,1-2H3,(H,16,17)/t14-/m0/s1. The molecule has 0 aliphatic carbocycles. The molecule has 0 unspecified atom stereocenters. The number of furan rings is 1. The number of likely N-dealkylation sites (N-methyl/N-ethyl adjacent to an activating group) is 1. The second kappa shape index (κ2) is 6.17. The molecule has 1 aliphatic heterocycles. The van der Waals surface area contributed by atoms with Crippen molar-refractivity contribution >= 4 is 29.4 Å². The minimum Gasteiger partial charge on any atom is -0.481 e. The van der Waals surface area contributed by atoms with Crippen LogP contribution in [0.1, 0.15) is 23.9 Å². The second-order valence-electron chi connectivity index (χ2n) is 4.45. The highest BCUT2D eigenvalue weighted by molar-refractivity contribution is 7.99. The van der Waals surface area contributed by atoms with Crippen LogP contribution in [0.25, 0.3) is 0 Å². The van der Waals surface area contributed by atoms with Crippen LogP contribution >= 0.6 is 11.8 Å². The highest BCUT2D eigenvalue weighted by atomic mass is 32.2. The van der Waals surface area contributed by atoms with E-state index in [4.69, 9.17) is 9.52 Å². The Bertz CT molecular complexity index is 605. The average molecular weight is 309 g/mol. The maximum absolute atomic E-state index is 12.5. The van der Waals surface area contributed by atoms with Crippen LogP contribution < -0.4 is 0 Å². The second-order valence-corrected chi connectivity index (χ2v) is 5.37. The summed E-state index contributed by atoms with van der Waals surface area (Å²) in [5.41, 5.74) is 0.261. The first-order valence-corrected chi connectivity index (χ1v) is 7.66. The number of carbonyl (C=O) groups excluding carboxylic acids is 2. The average Bonchev–Trinajstić information content (AvgIpc) is 3.05. The zero-order valence-electron chi connectivity index (χ0n) is 11.7. The van der Waals surface area contributed by atoms with Crippen molar-refractivity contribution < 1.29 is 23.9 Å². The molecule has 1 aliphatic rings. The van der Waals surface area contributed by atoms with E-state index in [-0.39, 0.29) is 16.9 Å². The number of thioether (sulfide) groups is 1. The molecular formula is C14H15NO5S. The molecule has 0 saturated carbocycles. The van der Waals surface area contributed by atoms with Gasteiger partial charge in [0.1, 0.15) is 5.37 Å². The van der Waals surface area contributed by atoms with E-state index in [0.717, 1.165) is 0 Å². The van der Waals surface area contributed by atoms with Crippen LogP contribution in [0, 0.1) is 0 Å². The molecule has 21 heavy (non-hydrogen) atoms. The monoisotopic (exact) mass is 309 g/mol. The minimum atomic E-state index is -1.14. The Kier molecular flexibility index (Phi) is 4.52. The molecule has 1 atom stereocenters. The lowest BCUT2D eigenvalue weighted by molar-refractivity contribution is -0.137.